The zero-order chi connectivity index (χ0) is 15.5. The van der Waals surface area contributed by atoms with Gasteiger partial charge in [-0.3, -0.25) is 5.41 Å². The van der Waals surface area contributed by atoms with Crippen LogP contribution in [0.1, 0.15) is 23.0 Å². The van der Waals surface area contributed by atoms with Gasteiger partial charge in [-0.05, 0) is 12.1 Å². The van der Waals surface area contributed by atoms with Crippen LogP contribution in [0.15, 0.2) is 42.5 Å². The molecule has 2 aromatic carbocycles. The zero-order valence-electron chi connectivity index (χ0n) is 12.1. The van der Waals surface area contributed by atoms with Crippen molar-refractivity contribution < 1.29 is 13.9 Å². The maximum atomic E-state index is 13.7. The number of amidine groups is 1. The summed E-state index contributed by atoms with van der Waals surface area (Å²) in [5, 5.41) is 7.28. The first-order valence-corrected chi connectivity index (χ1v) is 7.73. The molecule has 0 aromatic heterocycles. The summed E-state index contributed by atoms with van der Waals surface area (Å²) in [5.74, 6) is 0.662. The first kappa shape index (κ1) is 17.6. The van der Waals surface area contributed by atoms with E-state index in [2.05, 4.69) is 0 Å². The maximum absolute atomic E-state index is 13.7. The normalized spacial score (nSPS) is 16.0. The minimum Gasteiger partial charge on any atom is -0.460 e. The van der Waals surface area contributed by atoms with Crippen molar-refractivity contribution in [2.75, 3.05) is 0 Å². The van der Waals surface area contributed by atoms with E-state index >= 15 is 0 Å². The van der Waals surface area contributed by atoms with Gasteiger partial charge in [0, 0.05) is 22.4 Å². The van der Waals surface area contributed by atoms with E-state index in [4.69, 9.17) is 20.6 Å². The van der Waals surface area contributed by atoms with Crippen LogP contribution in [0.3, 0.4) is 0 Å². The van der Waals surface area contributed by atoms with E-state index < -0.39 is 6.29 Å². The van der Waals surface area contributed by atoms with E-state index in [0.29, 0.717) is 22.6 Å². The Labute approximate surface area is 144 Å². The van der Waals surface area contributed by atoms with E-state index in [-0.39, 0.29) is 30.0 Å². The lowest BCUT2D eigenvalue weighted by Crippen LogP contribution is -2.19. The molecular weight excluding hydrogens is 339 g/mol. The average Bonchev–Trinajstić information content (AvgIpc) is 2.53. The Balaban J connectivity index is 0.00000192. The highest BCUT2D eigenvalue weighted by molar-refractivity contribution is 8.13. The number of ether oxygens (including phenoxy) is 2. The lowest BCUT2D eigenvalue weighted by molar-refractivity contribution is -0.112. The summed E-state index contributed by atoms with van der Waals surface area (Å²) in [7, 11) is 0. The molecule has 1 heterocycles. The molecule has 1 unspecified atom stereocenters. The standard InChI is InChI=1S/C16H15FN2O2S.ClH/c17-13-6-11-8-20-15(10-4-2-1-3-5-10)21-14(11)12(7-13)9-22-16(18)19;/h1-7,15H,8-9H2,(H3,18,19);1H. The average molecular weight is 355 g/mol. The molecule has 0 saturated carbocycles. The van der Waals surface area contributed by atoms with Crippen LogP contribution in [0.2, 0.25) is 0 Å². The molecule has 0 spiro atoms. The first-order valence-electron chi connectivity index (χ1n) is 6.75. The molecular formula is C16H16ClFN2O2S. The Kier molecular flexibility index (Phi) is 5.87. The number of thioether (sulfide) groups is 1. The molecule has 122 valence electrons. The van der Waals surface area contributed by atoms with Gasteiger partial charge in [0.15, 0.2) is 5.17 Å². The van der Waals surface area contributed by atoms with Crippen LogP contribution < -0.4 is 10.5 Å². The number of benzene rings is 2. The topological polar surface area (TPSA) is 68.3 Å². The highest BCUT2D eigenvalue weighted by Crippen LogP contribution is 2.37. The number of hydrogen-bond donors (Lipinski definition) is 2. The van der Waals surface area contributed by atoms with Gasteiger partial charge in [-0.15, -0.1) is 12.4 Å². The monoisotopic (exact) mass is 354 g/mol. The molecule has 1 aliphatic heterocycles. The van der Waals surface area contributed by atoms with Gasteiger partial charge in [-0.2, -0.15) is 0 Å². The number of nitrogens with one attached hydrogen (secondary N) is 1. The Morgan fingerprint density at radius 2 is 2.04 bits per heavy atom. The molecule has 23 heavy (non-hydrogen) atoms. The minimum atomic E-state index is -0.514. The lowest BCUT2D eigenvalue weighted by Gasteiger charge is -2.28. The van der Waals surface area contributed by atoms with Crippen LogP contribution in [-0.4, -0.2) is 5.17 Å². The van der Waals surface area contributed by atoms with Gasteiger partial charge >= 0.3 is 0 Å². The van der Waals surface area contributed by atoms with Crippen LogP contribution in [0.25, 0.3) is 0 Å². The van der Waals surface area contributed by atoms with Crippen molar-refractivity contribution in [3.8, 4) is 5.75 Å². The molecule has 0 fully saturated rings. The Morgan fingerprint density at radius 3 is 2.74 bits per heavy atom. The third-order valence-corrected chi connectivity index (χ3v) is 4.04. The highest BCUT2D eigenvalue weighted by atomic mass is 35.5. The van der Waals surface area contributed by atoms with Gasteiger partial charge in [0.2, 0.25) is 6.29 Å². The summed E-state index contributed by atoms with van der Waals surface area (Å²) in [6, 6.07) is 12.4. The second kappa shape index (κ2) is 7.68. The second-order valence-corrected chi connectivity index (χ2v) is 5.89. The van der Waals surface area contributed by atoms with Crippen molar-refractivity contribution in [3.05, 3.63) is 65.0 Å². The summed E-state index contributed by atoms with van der Waals surface area (Å²) < 4.78 is 25.3. The SMILES string of the molecule is Cl.N=C(N)SCc1cc(F)cc2c1OC(c1ccccc1)OC2. The van der Waals surface area contributed by atoms with Crippen LogP contribution in [-0.2, 0) is 17.1 Å². The Morgan fingerprint density at radius 1 is 1.30 bits per heavy atom. The molecule has 1 atom stereocenters. The molecule has 7 heteroatoms. The van der Waals surface area contributed by atoms with Crippen LogP contribution in [0.4, 0.5) is 4.39 Å². The summed E-state index contributed by atoms with van der Waals surface area (Å²) >= 11 is 1.14. The van der Waals surface area contributed by atoms with Gasteiger partial charge in [0.1, 0.15) is 11.6 Å². The molecule has 0 bridgehead atoms. The Bertz CT molecular complexity index is 700. The van der Waals surface area contributed by atoms with Gasteiger partial charge in [-0.1, -0.05) is 42.1 Å². The molecule has 0 aliphatic carbocycles. The minimum absolute atomic E-state index is 0. The maximum Gasteiger partial charge on any atom is 0.227 e. The first-order chi connectivity index (χ1) is 10.6. The number of hydrogen-bond acceptors (Lipinski definition) is 4. The van der Waals surface area contributed by atoms with E-state index in [1.54, 1.807) is 0 Å². The molecule has 3 N–H and O–H groups in total. The van der Waals surface area contributed by atoms with Crippen molar-refractivity contribution in [1.82, 2.24) is 0 Å². The molecule has 2 aromatic rings. The smallest absolute Gasteiger partial charge is 0.227 e. The molecule has 0 saturated heterocycles. The molecule has 4 nitrogen and oxygen atoms in total. The summed E-state index contributed by atoms with van der Waals surface area (Å²) in [4.78, 5) is 0. The third kappa shape index (κ3) is 4.16. The fourth-order valence-electron chi connectivity index (χ4n) is 2.31. The van der Waals surface area contributed by atoms with Gasteiger partial charge in [0.05, 0.1) is 6.61 Å². The zero-order valence-corrected chi connectivity index (χ0v) is 13.8. The number of nitrogens with two attached hydrogens (primary N) is 1. The van der Waals surface area contributed by atoms with Gasteiger partial charge in [0.25, 0.3) is 0 Å². The third-order valence-electron chi connectivity index (χ3n) is 3.28. The lowest BCUT2D eigenvalue weighted by atomic mass is 10.1. The largest absolute Gasteiger partial charge is 0.460 e. The van der Waals surface area contributed by atoms with Crippen molar-refractivity contribution in [2.24, 2.45) is 5.73 Å². The summed E-state index contributed by atoms with van der Waals surface area (Å²) in [6.07, 6.45) is -0.514. The van der Waals surface area contributed by atoms with Gasteiger partial charge in [-0.25, -0.2) is 4.39 Å². The predicted octanol–water partition coefficient (Wildman–Crippen LogP) is 3.98. The fraction of sp³-hybridized carbons (Fsp3) is 0.188. The van der Waals surface area contributed by atoms with Crippen LogP contribution in [0.5, 0.6) is 5.75 Å². The highest BCUT2D eigenvalue weighted by Gasteiger charge is 2.25. The van der Waals surface area contributed by atoms with E-state index in [1.165, 1.54) is 12.1 Å². The molecule has 0 radical (unpaired) electrons. The second-order valence-electron chi connectivity index (χ2n) is 4.88. The van der Waals surface area contributed by atoms with E-state index in [9.17, 15) is 4.39 Å². The van der Waals surface area contributed by atoms with Crippen molar-refractivity contribution in [2.45, 2.75) is 18.6 Å². The molecule has 0 amide bonds. The predicted molar refractivity (Wildman–Crippen MR) is 91.5 cm³/mol. The quantitative estimate of drug-likeness (QED) is 0.646. The molecule has 3 rings (SSSR count). The molecule has 1 aliphatic rings. The van der Waals surface area contributed by atoms with Crippen LogP contribution in [0, 0.1) is 11.2 Å². The van der Waals surface area contributed by atoms with E-state index in [1.807, 2.05) is 30.3 Å². The summed E-state index contributed by atoms with van der Waals surface area (Å²) in [5.41, 5.74) is 7.62. The van der Waals surface area contributed by atoms with Crippen molar-refractivity contribution >= 4 is 29.3 Å². The van der Waals surface area contributed by atoms with Crippen molar-refractivity contribution in [1.29, 1.82) is 5.41 Å². The van der Waals surface area contributed by atoms with Crippen molar-refractivity contribution in [3.63, 3.8) is 0 Å². The van der Waals surface area contributed by atoms with Gasteiger partial charge < -0.3 is 15.2 Å². The van der Waals surface area contributed by atoms with Crippen LogP contribution >= 0.6 is 24.2 Å². The van der Waals surface area contributed by atoms with E-state index in [0.717, 1.165) is 17.3 Å². The number of fused-ring (bicyclic) bond motifs is 1. The fourth-order valence-corrected chi connectivity index (χ4v) is 2.84. The number of halogens is 2. The number of rotatable bonds is 3. The summed E-state index contributed by atoms with van der Waals surface area (Å²) in [6.45, 7) is 0.282. The Hall–Kier alpha value is -1.76.